The van der Waals surface area contributed by atoms with E-state index in [0.29, 0.717) is 36.0 Å². The Morgan fingerprint density at radius 3 is 2.57 bits per heavy atom. The van der Waals surface area contributed by atoms with E-state index in [1.807, 2.05) is 28.7 Å². The molecule has 0 radical (unpaired) electrons. The number of aromatic nitrogens is 3. The van der Waals surface area contributed by atoms with E-state index >= 15 is 0 Å². The lowest BCUT2D eigenvalue weighted by molar-refractivity contribution is 0.0528. The van der Waals surface area contributed by atoms with Gasteiger partial charge in [0.1, 0.15) is 16.9 Å². The Hall–Kier alpha value is -3.72. The highest BCUT2D eigenvalue weighted by molar-refractivity contribution is 7.08. The highest BCUT2D eigenvalue weighted by atomic mass is 32.1. The van der Waals surface area contributed by atoms with Gasteiger partial charge in [0.25, 0.3) is 5.91 Å². The maximum Gasteiger partial charge on any atom is 0.343 e. The molecule has 1 aromatic carbocycles. The number of nitrogens with one attached hydrogen (secondary N) is 1. The fraction of sp³-hybridized carbons (Fsp3) is 0.308. The highest BCUT2D eigenvalue weighted by Gasteiger charge is 2.28. The third kappa shape index (κ3) is 4.51. The number of rotatable bonds is 6. The van der Waals surface area contributed by atoms with Crippen LogP contribution in [-0.4, -0.2) is 51.1 Å². The summed E-state index contributed by atoms with van der Waals surface area (Å²) >= 11 is 1.57. The number of benzene rings is 1. The fourth-order valence-electron chi connectivity index (χ4n) is 4.49. The van der Waals surface area contributed by atoms with Gasteiger partial charge in [-0.3, -0.25) is 4.79 Å². The number of anilines is 2. The molecule has 9 heteroatoms. The number of ether oxygens (including phenoxy) is 1. The Morgan fingerprint density at radius 2 is 1.89 bits per heavy atom. The minimum Gasteiger partial charge on any atom is -0.462 e. The summed E-state index contributed by atoms with van der Waals surface area (Å²) in [4.78, 5) is 32.4. The number of amides is 1. The topological polar surface area (TPSA) is 88.8 Å². The van der Waals surface area contributed by atoms with Crippen LogP contribution in [0, 0.1) is 6.92 Å². The van der Waals surface area contributed by atoms with E-state index in [1.165, 1.54) is 22.5 Å². The van der Waals surface area contributed by atoms with Crippen LogP contribution >= 0.6 is 11.3 Å². The van der Waals surface area contributed by atoms with Crippen LogP contribution < -0.4 is 5.32 Å². The number of aryl methyl sites for hydroxylation is 1. The second kappa shape index (κ2) is 9.87. The summed E-state index contributed by atoms with van der Waals surface area (Å²) in [7, 11) is 0. The molecule has 1 saturated heterocycles. The zero-order valence-electron chi connectivity index (χ0n) is 19.7. The average molecular weight is 490 g/mol. The summed E-state index contributed by atoms with van der Waals surface area (Å²) in [5, 5.41) is 11.8. The summed E-state index contributed by atoms with van der Waals surface area (Å²) < 4.78 is 6.67. The van der Waals surface area contributed by atoms with Crippen molar-refractivity contribution in [1.29, 1.82) is 0 Å². The maximum absolute atomic E-state index is 13.7. The van der Waals surface area contributed by atoms with Crippen molar-refractivity contribution < 1.29 is 14.3 Å². The molecule has 0 unspecified atom stereocenters. The van der Waals surface area contributed by atoms with E-state index in [2.05, 4.69) is 39.7 Å². The minimum absolute atomic E-state index is 0.102. The lowest BCUT2D eigenvalue weighted by Gasteiger charge is -2.32. The van der Waals surface area contributed by atoms with Gasteiger partial charge in [-0.05, 0) is 49.1 Å². The number of hydrogen-bond acceptors (Lipinski definition) is 7. The van der Waals surface area contributed by atoms with Gasteiger partial charge in [0, 0.05) is 24.7 Å². The molecule has 0 bridgehead atoms. The number of fused-ring (bicyclic) bond motifs is 1. The van der Waals surface area contributed by atoms with Crippen LogP contribution in [0.1, 0.15) is 57.5 Å². The molecule has 1 aliphatic heterocycles. The second-order valence-corrected chi connectivity index (χ2v) is 9.35. The number of carbonyl (C=O) groups excluding carboxylic acids is 2. The van der Waals surface area contributed by atoms with Crippen LogP contribution in [0.15, 0.2) is 53.5 Å². The van der Waals surface area contributed by atoms with Gasteiger partial charge in [0.15, 0.2) is 5.65 Å². The smallest absolute Gasteiger partial charge is 0.343 e. The molecule has 0 spiro atoms. The van der Waals surface area contributed by atoms with Gasteiger partial charge in [0.05, 0.1) is 18.5 Å². The molecule has 35 heavy (non-hydrogen) atoms. The molecule has 0 saturated carbocycles. The van der Waals surface area contributed by atoms with E-state index in [0.717, 1.165) is 24.1 Å². The molecular weight excluding hydrogens is 462 g/mol. The quantitative estimate of drug-likeness (QED) is 0.382. The number of likely N-dealkylation sites (tertiary alicyclic amines) is 1. The minimum atomic E-state index is -0.491. The summed E-state index contributed by atoms with van der Waals surface area (Å²) in [5.74, 6) is 0.344. The van der Waals surface area contributed by atoms with Crippen LogP contribution in [-0.2, 0) is 4.74 Å². The Balaban J connectivity index is 1.47. The van der Waals surface area contributed by atoms with Crippen LogP contribution in [0.4, 0.5) is 11.5 Å². The van der Waals surface area contributed by atoms with Gasteiger partial charge in [-0.15, -0.1) is 11.3 Å². The van der Waals surface area contributed by atoms with Crippen molar-refractivity contribution in [2.45, 2.75) is 32.6 Å². The molecule has 1 amide bonds. The van der Waals surface area contributed by atoms with Crippen molar-refractivity contribution >= 4 is 40.4 Å². The molecule has 5 rings (SSSR count). The first-order chi connectivity index (χ1) is 17.1. The van der Waals surface area contributed by atoms with Crippen LogP contribution in [0.3, 0.4) is 0 Å². The molecule has 0 aliphatic carbocycles. The molecule has 8 nitrogen and oxygen atoms in total. The van der Waals surface area contributed by atoms with E-state index in [4.69, 9.17) is 4.74 Å². The van der Waals surface area contributed by atoms with Crippen molar-refractivity contribution in [2.24, 2.45) is 0 Å². The average Bonchev–Trinajstić information content (AvgIpc) is 3.51. The van der Waals surface area contributed by atoms with E-state index in [1.54, 1.807) is 18.3 Å². The third-order valence-corrected chi connectivity index (χ3v) is 7.28. The zero-order valence-corrected chi connectivity index (χ0v) is 20.5. The fourth-order valence-corrected chi connectivity index (χ4v) is 5.27. The second-order valence-electron chi connectivity index (χ2n) is 8.61. The van der Waals surface area contributed by atoms with Gasteiger partial charge < -0.3 is 15.0 Å². The van der Waals surface area contributed by atoms with Gasteiger partial charge in [-0.25, -0.2) is 9.78 Å². The van der Waals surface area contributed by atoms with Crippen LogP contribution in [0.5, 0.6) is 0 Å². The van der Waals surface area contributed by atoms with Crippen LogP contribution in [0.2, 0.25) is 0 Å². The Morgan fingerprint density at radius 1 is 1.11 bits per heavy atom. The lowest BCUT2D eigenvalue weighted by Crippen LogP contribution is -2.38. The molecule has 180 valence electrons. The normalized spacial score (nSPS) is 14.3. The first-order valence-corrected chi connectivity index (χ1v) is 12.7. The highest BCUT2D eigenvalue weighted by Crippen LogP contribution is 2.31. The predicted octanol–water partition coefficient (Wildman–Crippen LogP) is 5.04. The molecule has 1 fully saturated rings. The molecular formula is C26H27N5O3S. The molecule has 4 aromatic rings. The number of thiophene rings is 1. The predicted molar refractivity (Wildman–Crippen MR) is 136 cm³/mol. The number of piperidine rings is 1. The molecule has 1 N–H and O–H groups in total. The summed E-state index contributed by atoms with van der Waals surface area (Å²) in [6.45, 7) is 5.34. The molecule has 4 heterocycles. The summed E-state index contributed by atoms with van der Waals surface area (Å²) in [6, 6.07) is 10.5. The number of hydrogen-bond donors (Lipinski definition) is 1. The SMILES string of the molecule is CCOC(=O)c1cnn2c(Nc3cscc3C)c(C(=O)N3CCC(c4ccccc4)CC3)cnc12. The van der Waals surface area contributed by atoms with Crippen LogP contribution in [0.25, 0.3) is 5.65 Å². The van der Waals surface area contributed by atoms with Crippen molar-refractivity contribution in [2.75, 3.05) is 25.0 Å². The first-order valence-electron chi connectivity index (χ1n) is 11.7. The van der Waals surface area contributed by atoms with Crippen molar-refractivity contribution in [3.63, 3.8) is 0 Å². The van der Waals surface area contributed by atoms with Gasteiger partial charge in [0.2, 0.25) is 0 Å². The van der Waals surface area contributed by atoms with Crippen molar-refractivity contribution in [1.82, 2.24) is 19.5 Å². The van der Waals surface area contributed by atoms with E-state index < -0.39 is 5.97 Å². The number of esters is 1. The van der Waals surface area contributed by atoms with Crippen molar-refractivity contribution in [3.05, 3.63) is 75.7 Å². The summed E-state index contributed by atoms with van der Waals surface area (Å²) in [6.07, 6.45) is 4.79. The van der Waals surface area contributed by atoms with E-state index in [9.17, 15) is 9.59 Å². The Labute approximate surface area is 207 Å². The molecule has 1 aliphatic rings. The Bertz CT molecular complexity index is 1360. The van der Waals surface area contributed by atoms with Gasteiger partial charge >= 0.3 is 5.97 Å². The number of carbonyl (C=O) groups is 2. The largest absolute Gasteiger partial charge is 0.462 e. The molecule has 0 atom stereocenters. The lowest BCUT2D eigenvalue weighted by atomic mass is 9.89. The zero-order chi connectivity index (χ0) is 24.4. The standard InChI is InChI=1S/C26H27N5O3S/c1-3-34-26(33)21-14-28-31-23(21)27-13-20(24(31)29-22-16-35-15-17(22)2)25(32)30-11-9-19(10-12-30)18-7-5-4-6-8-18/h4-8,13-16,19,29H,3,9-12H2,1-2H3. The molecule has 3 aromatic heterocycles. The third-order valence-electron chi connectivity index (χ3n) is 6.41. The summed E-state index contributed by atoms with van der Waals surface area (Å²) in [5.41, 5.74) is 4.28. The van der Waals surface area contributed by atoms with E-state index in [-0.39, 0.29) is 18.1 Å². The number of nitrogens with zero attached hydrogens (tertiary/aromatic N) is 4. The maximum atomic E-state index is 13.7. The van der Waals surface area contributed by atoms with Crippen molar-refractivity contribution in [3.8, 4) is 0 Å². The van der Waals surface area contributed by atoms with Gasteiger partial charge in [-0.2, -0.15) is 9.61 Å². The first kappa shape index (κ1) is 23.0. The Kier molecular flexibility index (Phi) is 6.50. The monoisotopic (exact) mass is 489 g/mol. The van der Waals surface area contributed by atoms with Gasteiger partial charge in [-0.1, -0.05) is 30.3 Å².